The molecule has 1 N–H and O–H groups in total. The second-order valence-corrected chi connectivity index (χ2v) is 5.32. The molecule has 3 aliphatic rings. The van der Waals surface area contributed by atoms with Gasteiger partial charge in [0.2, 0.25) is 0 Å². The van der Waals surface area contributed by atoms with Crippen LogP contribution in [0.3, 0.4) is 0 Å². The smallest absolute Gasteiger partial charge is 0.193 e. The van der Waals surface area contributed by atoms with Crippen molar-refractivity contribution in [2.24, 2.45) is 16.8 Å². The van der Waals surface area contributed by atoms with Gasteiger partial charge in [0.15, 0.2) is 5.96 Å². The molecule has 4 heteroatoms. The molecule has 0 radical (unpaired) electrons. The van der Waals surface area contributed by atoms with Gasteiger partial charge in [0.25, 0.3) is 0 Å². The standard InChI is InChI=1S/C12H21N3.HI/c1-15-7-3-6-13-12(15)14-11-8-10(11)9-4-2-5-9;/h9-11H,2-8H2,1H3,(H,13,14);1H/t10-,11+;/m0./s1. The maximum atomic E-state index is 4.56. The van der Waals surface area contributed by atoms with Gasteiger partial charge in [-0.3, -0.25) is 4.99 Å². The van der Waals surface area contributed by atoms with Crippen molar-refractivity contribution in [2.75, 3.05) is 20.1 Å². The Balaban J connectivity index is 0.000000963. The molecule has 1 heterocycles. The predicted molar refractivity (Wildman–Crippen MR) is 77.3 cm³/mol. The molecular weight excluding hydrogens is 313 g/mol. The van der Waals surface area contributed by atoms with Crippen LogP contribution in [0.15, 0.2) is 4.99 Å². The van der Waals surface area contributed by atoms with Crippen LogP contribution in [0.5, 0.6) is 0 Å². The van der Waals surface area contributed by atoms with Crippen molar-refractivity contribution in [3.8, 4) is 0 Å². The summed E-state index contributed by atoms with van der Waals surface area (Å²) in [5, 5.41) is 3.62. The predicted octanol–water partition coefficient (Wildman–Crippen LogP) is 2.07. The molecule has 2 saturated carbocycles. The van der Waals surface area contributed by atoms with E-state index < -0.39 is 0 Å². The average Bonchev–Trinajstić information content (AvgIpc) is 2.86. The molecule has 2 atom stereocenters. The summed E-state index contributed by atoms with van der Waals surface area (Å²) in [6.45, 7) is 2.17. The fourth-order valence-corrected chi connectivity index (χ4v) is 2.81. The number of halogens is 1. The van der Waals surface area contributed by atoms with Gasteiger partial charge in [-0.1, -0.05) is 19.3 Å². The van der Waals surface area contributed by atoms with Gasteiger partial charge in [-0.25, -0.2) is 0 Å². The summed E-state index contributed by atoms with van der Waals surface area (Å²) in [5.74, 6) is 3.15. The van der Waals surface area contributed by atoms with E-state index in [1.54, 1.807) is 0 Å². The van der Waals surface area contributed by atoms with Gasteiger partial charge in [-0.15, -0.1) is 24.0 Å². The fourth-order valence-electron chi connectivity index (χ4n) is 2.81. The zero-order chi connectivity index (χ0) is 10.3. The van der Waals surface area contributed by atoms with Crippen LogP contribution in [-0.4, -0.2) is 37.0 Å². The molecule has 0 amide bonds. The number of guanidine groups is 1. The maximum absolute atomic E-state index is 4.56. The van der Waals surface area contributed by atoms with Crippen molar-refractivity contribution in [2.45, 2.75) is 38.1 Å². The van der Waals surface area contributed by atoms with Crippen LogP contribution in [0, 0.1) is 11.8 Å². The van der Waals surface area contributed by atoms with E-state index in [9.17, 15) is 0 Å². The largest absolute Gasteiger partial charge is 0.353 e. The Bertz CT molecular complexity index is 275. The van der Waals surface area contributed by atoms with Crippen LogP contribution >= 0.6 is 24.0 Å². The lowest BCUT2D eigenvalue weighted by atomic mass is 9.81. The molecule has 0 spiro atoms. The van der Waals surface area contributed by atoms with Crippen LogP contribution in [0.2, 0.25) is 0 Å². The van der Waals surface area contributed by atoms with E-state index in [-0.39, 0.29) is 24.0 Å². The first kappa shape index (κ1) is 12.5. The summed E-state index contributed by atoms with van der Waals surface area (Å²) in [6, 6.07) is 0.745. The van der Waals surface area contributed by atoms with E-state index in [4.69, 9.17) is 0 Å². The van der Waals surface area contributed by atoms with Crippen molar-refractivity contribution in [3.05, 3.63) is 0 Å². The summed E-state index contributed by atoms with van der Waals surface area (Å²) in [5.41, 5.74) is 0. The quantitative estimate of drug-likeness (QED) is 0.783. The SMILES string of the molecule is CN1CCCN=C1N[C@@H]1C[C@H]1C1CCC1.I. The molecule has 0 bridgehead atoms. The average molecular weight is 335 g/mol. The van der Waals surface area contributed by atoms with Crippen molar-refractivity contribution in [1.82, 2.24) is 10.2 Å². The first-order valence-electron chi connectivity index (χ1n) is 6.37. The van der Waals surface area contributed by atoms with Crippen molar-refractivity contribution in [1.29, 1.82) is 0 Å². The number of nitrogens with one attached hydrogen (secondary N) is 1. The Hall–Kier alpha value is 0. The summed E-state index contributed by atoms with van der Waals surface area (Å²) in [4.78, 5) is 6.82. The summed E-state index contributed by atoms with van der Waals surface area (Å²) >= 11 is 0. The minimum Gasteiger partial charge on any atom is -0.353 e. The van der Waals surface area contributed by atoms with Crippen LogP contribution in [0.1, 0.15) is 32.1 Å². The van der Waals surface area contributed by atoms with E-state index in [0.29, 0.717) is 0 Å². The lowest BCUT2D eigenvalue weighted by molar-refractivity contribution is 0.270. The first-order chi connectivity index (χ1) is 7.34. The van der Waals surface area contributed by atoms with Crippen LogP contribution in [-0.2, 0) is 0 Å². The van der Waals surface area contributed by atoms with Gasteiger partial charge in [0.05, 0.1) is 0 Å². The third-order valence-corrected chi connectivity index (χ3v) is 4.18. The van der Waals surface area contributed by atoms with Gasteiger partial charge in [0, 0.05) is 26.2 Å². The molecule has 0 aromatic heterocycles. The van der Waals surface area contributed by atoms with Gasteiger partial charge in [0.1, 0.15) is 0 Å². The molecule has 3 rings (SSSR count). The molecule has 3 nitrogen and oxygen atoms in total. The lowest BCUT2D eigenvalue weighted by Crippen LogP contribution is -2.43. The van der Waals surface area contributed by atoms with E-state index in [1.807, 2.05) is 0 Å². The van der Waals surface area contributed by atoms with Gasteiger partial charge in [-0.05, 0) is 24.7 Å². The zero-order valence-electron chi connectivity index (χ0n) is 9.98. The van der Waals surface area contributed by atoms with Crippen molar-refractivity contribution < 1.29 is 0 Å². The molecule has 0 saturated heterocycles. The maximum Gasteiger partial charge on any atom is 0.193 e. The lowest BCUT2D eigenvalue weighted by Gasteiger charge is -2.28. The molecule has 16 heavy (non-hydrogen) atoms. The van der Waals surface area contributed by atoms with Crippen LogP contribution in [0.25, 0.3) is 0 Å². The summed E-state index contributed by atoms with van der Waals surface area (Å²) in [6.07, 6.45) is 7.01. The van der Waals surface area contributed by atoms with Crippen molar-refractivity contribution >= 4 is 29.9 Å². The Labute approximate surface area is 115 Å². The Morgan fingerprint density at radius 2 is 2.12 bits per heavy atom. The van der Waals surface area contributed by atoms with Crippen LogP contribution < -0.4 is 5.32 Å². The minimum atomic E-state index is 0. The van der Waals surface area contributed by atoms with E-state index in [2.05, 4.69) is 22.3 Å². The Kier molecular flexibility index (Phi) is 3.97. The second kappa shape index (κ2) is 5.10. The number of hydrogen-bond acceptors (Lipinski definition) is 3. The molecule has 0 aromatic rings. The molecule has 2 fully saturated rings. The van der Waals surface area contributed by atoms with Crippen molar-refractivity contribution in [3.63, 3.8) is 0 Å². The third kappa shape index (κ3) is 2.46. The van der Waals surface area contributed by atoms with Gasteiger partial charge >= 0.3 is 0 Å². The highest BCUT2D eigenvalue weighted by atomic mass is 127. The van der Waals surface area contributed by atoms with E-state index in [0.717, 1.165) is 36.9 Å². The number of rotatable bonds is 2. The van der Waals surface area contributed by atoms with Gasteiger partial charge < -0.3 is 10.2 Å². The second-order valence-electron chi connectivity index (χ2n) is 5.32. The molecule has 1 aliphatic heterocycles. The molecule has 92 valence electrons. The number of aliphatic imine (C=N–C) groups is 1. The Morgan fingerprint density at radius 3 is 2.75 bits per heavy atom. The van der Waals surface area contributed by atoms with Gasteiger partial charge in [-0.2, -0.15) is 0 Å². The Morgan fingerprint density at radius 1 is 1.31 bits per heavy atom. The fraction of sp³-hybridized carbons (Fsp3) is 0.917. The molecule has 2 aliphatic carbocycles. The highest BCUT2D eigenvalue weighted by Crippen LogP contribution is 2.47. The molecular formula is C12H22IN3. The zero-order valence-corrected chi connectivity index (χ0v) is 12.3. The van der Waals surface area contributed by atoms with E-state index in [1.165, 1.54) is 32.1 Å². The molecule has 0 aromatic carbocycles. The highest BCUT2D eigenvalue weighted by molar-refractivity contribution is 14.0. The summed E-state index contributed by atoms with van der Waals surface area (Å²) in [7, 11) is 2.14. The number of hydrogen-bond donors (Lipinski definition) is 1. The molecule has 0 unspecified atom stereocenters. The first-order valence-corrected chi connectivity index (χ1v) is 6.37. The van der Waals surface area contributed by atoms with E-state index >= 15 is 0 Å². The highest BCUT2D eigenvalue weighted by Gasteiger charge is 2.45. The minimum absolute atomic E-state index is 0. The topological polar surface area (TPSA) is 27.6 Å². The summed E-state index contributed by atoms with van der Waals surface area (Å²) < 4.78 is 0. The third-order valence-electron chi connectivity index (χ3n) is 4.18. The monoisotopic (exact) mass is 335 g/mol. The van der Waals surface area contributed by atoms with Crippen LogP contribution in [0.4, 0.5) is 0 Å². The number of nitrogens with zero attached hydrogens (tertiary/aromatic N) is 2. The normalized spacial score (nSPS) is 33.6.